The molecule has 0 saturated carbocycles. The highest BCUT2D eigenvalue weighted by molar-refractivity contribution is 6.14. The molecule has 0 fully saturated rings. The Hall–Kier alpha value is -4.39. The molecule has 0 amide bonds. The predicted molar refractivity (Wildman–Crippen MR) is 114 cm³/mol. The van der Waals surface area contributed by atoms with Crippen LogP contribution in [0.4, 0.5) is 4.39 Å². The summed E-state index contributed by atoms with van der Waals surface area (Å²) in [4.78, 5) is 25.2. The molecular weight excluding hydrogens is 415 g/mol. The third-order valence-corrected chi connectivity index (χ3v) is 4.97. The Morgan fingerprint density at radius 3 is 2.69 bits per heavy atom. The number of ether oxygens (including phenoxy) is 3. The van der Waals surface area contributed by atoms with E-state index in [1.165, 1.54) is 43.5 Å². The standard InChI is InChI=1S/C25H15FO6/c1-29-19-8-4-6-15-12-22(32-24(15)19)25(28)30-16-9-10-17-20(13-16)31-21(23(17)27)11-14-5-2-3-7-18(14)26/h2-13H,1H3/b21-11-. The van der Waals surface area contributed by atoms with Gasteiger partial charge >= 0.3 is 5.97 Å². The summed E-state index contributed by atoms with van der Waals surface area (Å²) in [6, 6.07) is 17.3. The van der Waals surface area contributed by atoms with Crippen LogP contribution in [0.3, 0.4) is 0 Å². The average Bonchev–Trinajstić information content (AvgIpc) is 3.36. The van der Waals surface area contributed by atoms with Gasteiger partial charge < -0.3 is 18.6 Å². The van der Waals surface area contributed by atoms with E-state index in [4.69, 9.17) is 18.6 Å². The van der Waals surface area contributed by atoms with Crippen molar-refractivity contribution in [2.24, 2.45) is 0 Å². The molecular formula is C25H15FO6. The van der Waals surface area contributed by atoms with Gasteiger partial charge in [-0.05, 0) is 36.4 Å². The third kappa shape index (κ3) is 3.39. The van der Waals surface area contributed by atoms with Gasteiger partial charge in [0.25, 0.3) is 0 Å². The number of hydrogen-bond donors (Lipinski definition) is 0. The molecule has 6 nitrogen and oxygen atoms in total. The maximum atomic E-state index is 13.9. The van der Waals surface area contributed by atoms with Crippen LogP contribution >= 0.6 is 0 Å². The summed E-state index contributed by atoms with van der Waals surface area (Å²) in [6.45, 7) is 0. The second-order valence-electron chi connectivity index (χ2n) is 7.00. The van der Waals surface area contributed by atoms with Crippen molar-refractivity contribution >= 4 is 28.8 Å². The lowest BCUT2D eigenvalue weighted by Gasteiger charge is -2.04. The molecule has 4 aromatic rings. The molecule has 32 heavy (non-hydrogen) atoms. The van der Waals surface area contributed by atoms with Crippen molar-refractivity contribution in [1.82, 2.24) is 0 Å². The number of esters is 1. The van der Waals surface area contributed by atoms with Crippen molar-refractivity contribution < 1.29 is 32.6 Å². The van der Waals surface area contributed by atoms with Crippen LogP contribution in [0.15, 0.2) is 76.9 Å². The number of carbonyl (C=O) groups excluding carboxylic acids is 2. The van der Waals surface area contributed by atoms with Crippen LogP contribution in [0.25, 0.3) is 17.0 Å². The Balaban J connectivity index is 1.39. The number of fused-ring (bicyclic) bond motifs is 2. The Bertz CT molecular complexity index is 1420. The van der Waals surface area contributed by atoms with Crippen LogP contribution in [-0.4, -0.2) is 18.9 Å². The Morgan fingerprint density at radius 2 is 1.88 bits per heavy atom. The Kier molecular flexibility index (Phi) is 4.71. The summed E-state index contributed by atoms with van der Waals surface area (Å²) in [5.74, 6) is -0.694. The fourth-order valence-electron chi connectivity index (χ4n) is 3.42. The van der Waals surface area contributed by atoms with Crippen LogP contribution in [-0.2, 0) is 0 Å². The Morgan fingerprint density at radius 1 is 1.03 bits per heavy atom. The molecule has 0 atom stereocenters. The number of allylic oxidation sites excluding steroid dienone is 1. The quantitative estimate of drug-likeness (QED) is 0.245. The van der Waals surface area contributed by atoms with Crippen molar-refractivity contribution in [1.29, 1.82) is 0 Å². The summed E-state index contributed by atoms with van der Waals surface area (Å²) in [6.07, 6.45) is 1.34. The molecule has 1 aromatic heterocycles. The van der Waals surface area contributed by atoms with E-state index in [0.717, 1.165) is 0 Å². The molecule has 1 aliphatic heterocycles. The summed E-state index contributed by atoms with van der Waals surface area (Å²) in [5, 5.41) is 0.696. The molecule has 0 unspecified atom stereocenters. The normalized spacial score (nSPS) is 13.8. The minimum Gasteiger partial charge on any atom is -0.493 e. The molecule has 2 heterocycles. The van der Waals surface area contributed by atoms with Gasteiger partial charge in [0.15, 0.2) is 17.1 Å². The minimum atomic E-state index is -0.713. The molecule has 5 rings (SSSR count). The average molecular weight is 430 g/mol. The van der Waals surface area contributed by atoms with E-state index in [1.807, 2.05) is 0 Å². The maximum Gasteiger partial charge on any atom is 0.379 e. The molecule has 7 heteroatoms. The van der Waals surface area contributed by atoms with Crippen LogP contribution in [0, 0.1) is 5.82 Å². The highest BCUT2D eigenvalue weighted by Crippen LogP contribution is 2.35. The monoisotopic (exact) mass is 430 g/mol. The molecule has 0 saturated heterocycles. The third-order valence-electron chi connectivity index (χ3n) is 4.97. The molecule has 0 N–H and O–H groups in total. The fourth-order valence-corrected chi connectivity index (χ4v) is 3.42. The minimum absolute atomic E-state index is 0.00197. The number of furan rings is 1. The number of benzene rings is 3. The molecule has 0 aliphatic carbocycles. The zero-order valence-electron chi connectivity index (χ0n) is 16.8. The van der Waals surface area contributed by atoms with Gasteiger partial charge in [0, 0.05) is 17.0 Å². The lowest BCUT2D eigenvalue weighted by atomic mass is 10.1. The first-order valence-corrected chi connectivity index (χ1v) is 9.65. The molecule has 158 valence electrons. The van der Waals surface area contributed by atoms with Crippen LogP contribution in [0.5, 0.6) is 17.2 Å². The number of hydrogen-bond acceptors (Lipinski definition) is 6. The fraction of sp³-hybridized carbons (Fsp3) is 0.0400. The van der Waals surface area contributed by atoms with Gasteiger partial charge in [-0.15, -0.1) is 0 Å². The van der Waals surface area contributed by atoms with Gasteiger partial charge in [0.2, 0.25) is 11.5 Å². The van der Waals surface area contributed by atoms with Gasteiger partial charge in [-0.25, -0.2) is 9.18 Å². The van der Waals surface area contributed by atoms with Crippen LogP contribution in [0.1, 0.15) is 26.5 Å². The smallest absolute Gasteiger partial charge is 0.379 e. The van der Waals surface area contributed by atoms with Crippen molar-refractivity contribution in [2.45, 2.75) is 0 Å². The largest absolute Gasteiger partial charge is 0.493 e. The first kappa shape index (κ1) is 19.6. The van der Waals surface area contributed by atoms with E-state index in [-0.39, 0.29) is 34.4 Å². The highest BCUT2D eigenvalue weighted by atomic mass is 19.1. The van der Waals surface area contributed by atoms with Crippen molar-refractivity contribution in [3.05, 3.63) is 95.2 Å². The predicted octanol–water partition coefficient (Wildman–Crippen LogP) is 5.42. The molecule has 0 bridgehead atoms. The summed E-state index contributed by atoms with van der Waals surface area (Å²) >= 11 is 0. The number of halogens is 1. The van der Waals surface area contributed by atoms with Crippen molar-refractivity contribution in [3.8, 4) is 17.2 Å². The number of carbonyl (C=O) groups is 2. The summed E-state index contributed by atoms with van der Waals surface area (Å²) in [7, 11) is 1.51. The number of methoxy groups -OCH3 is 1. The second kappa shape index (κ2) is 7.70. The maximum absolute atomic E-state index is 13.9. The van der Waals surface area contributed by atoms with Gasteiger partial charge in [0.1, 0.15) is 17.3 Å². The van der Waals surface area contributed by atoms with Crippen molar-refractivity contribution in [3.63, 3.8) is 0 Å². The Labute approximate surface area is 181 Å². The lowest BCUT2D eigenvalue weighted by molar-refractivity contribution is 0.0703. The zero-order chi connectivity index (χ0) is 22.2. The topological polar surface area (TPSA) is 75.0 Å². The van der Waals surface area contributed by atoms with E-state index in [1.54, 1.807) is 36.4 Å². The highest BCUT2D eigenvalue weighted by Gasteiger charge is 2.28. The lowest BCUT2D eigenvalue weighted by Crippen LogP contribution is -2.07. The molecule has 0 spiro atoms. The number of rotatable bonds is 4. The zero-order valence-corrected chi connectivity index (χ0v) is 16.8. The van der Waals surface area contributed by atoms with E-state index < -0.39 is 11.8 Å². The number of Topliss-reactive ketones (excluding diaryl/α,β-unsaturated/α-hetero) is 1. The van der Waals surface area contributed by atoms with E-state index in [9.17, 15) is 14.0 Å². The SMILES string of the molecule is COc1cccc2cc(C(=O)Oc3ccc4c(c3)O/C(=C\c3ccccc3F)C4=O)oc12. The van der Waals surface area contributed by atoms with Gasteiger partial charge in [-0.1, -0.05) is 30.3 Å². The first-order valence-electron chi connectivity index (χ1n) is 9.65. The molecule has 0 radical (unpaired) electrons. The summed E-state index contributed by atoms with van der Waals surface area (Å²) in [5.41, 5.74) is 0.962. The second-order valence-corrected chi connectivity index (χ2v) is 7.00. The van der Waals surface area contributed by atoms with Crippen LogP contribution in [0.2, 0.25) is 0 Å². The van der Waals surface area contributed by atoms with E-state index in [0.29, 0.717) is 22.3 Å². The first-order chi connectivity index (χ1) is 15.5. The van der Waals surface area contributed by atoms with Gasteiger partial charge in [-0.3, -0.25) is 4.79 Å². The van der Waals surface area contributed by atoms with E-state index >= 15 is 0 Å². The van der Waals surface area contributed by atoms with Crippen molar-refractivity contribution in [2.75, 3.05) is 7.11 Å². The molecule has 1 aliphatic rings. The van der Waals surface area contributed by atoms with Crippen LogP contribution < -0.4 is 14.2 Å². The van der Waals surface area contributed by atoms with E-state index in [2.05, 4.69) is 0 Å². The number of ketones is 1. The van der Waals surface area contributed by atoms with Gasteiger partial charge in [0.05, 0.1) is 12.7 Å². The molecule has 3 aromatic carbocycles. The van der Waals surface area contributed by atoms with Gasteiger partial charge in [-0.2, -0.15) is 0 Å². The summed E-state index contributed by atoms with van der Waals surface area (Å²) < 4.78 is 35.7. The number of para-hydroxylation sites is 1.